The third kappa shape index (κ3) is 2.83. The van der Waals surface area contributed by atoms with E-state index in [9.17, 15) is 9.59 Å². The molecule has 2 aromatic rings. The molecule has 0 spiro atoms. The van der Waals surface area contributed by atoms with Crippen LogP contribution in [0.2, 0.25) is 0 Å². The number of nitrogens with one attached hydrogen (secondary N) is 1. The van der Waals surface area contributed by atoms with Gasteiger partial charge in [0.25, 0.3) is 0 Å². The number of carbonyl (C=O) groups excluding carboxylic acids is 2. The molecular formula is C21H23N3O2. The van der Waals surface area contributed by atoms with Crippen LogP contribution in [0.5, 0.6) is 0 Å². The number of nitrogens with zero attached hydrogens (tertiary/aromatic N) is 2. The van der Waals surface area contributed by atoms with Crippen molar-refractivity contribution in [3.63, 3.8) is 0 Å². The predicted molar refractivity (Wildman–Crippen MR) is 104 cm³/mol. The second kappa shape index (κ2) is 6.48. The van der Waals surface area contributed by atoms with E-state index in [2.05, 4.69) is 29.3 Å². The Kier molecular flexibility index (Phi) is 4.15. The zero-order valence-electron chi connectivity index (χ0n) is 15.1. The van der Waals surface area contributed by atoms with Gasteiger partial charge in [-0.2, -0.15) is 0 Å². The van der Waals surface area contributed by atoms with Gasteiger partial charge in [-0.25, -0.2) is 0 Å². The van der Waals surface area contributed by atoms with Crippen LogP contribution in [0.4, 0.5) is 17.1 Å². The first kappa shape index (κ1) is 16.6. The largest absolute Gasteiger partial charge is 0.359 e. The fourth-order valence-corrected chi connectivity index (χ4v) is 4.06. The summed E-state index contributed by atoms with van der Waals surface area (Å²) in [6.07, 6.45) is 1.25. The lowest BCUT2D eigenvalue weighted by Crippen LogP contribution is -2.46. The molecule has 0 saturated heterocycles. The van der Waals surface area contributed by atoms with Crippen molar-refractivity contribution in [1.82, 2.24) is 0 Å². The minimum absolute atomic E-state index is 0.0185. The smallest absolute Gasteiger partial charge is 0.246 e. The molecule has 5 nitrogen and oxygen atoms in total. The van der Waals surface area contributed by atoms with Crippen LogP contribution in [0.3, 0.4) is 0 Å². The quantitative estimate of drug-likeness (QED) is 0.906. The number of carbonyl (C=O) groups is 2. The first-order chi connectivity index (χ1) is 12.5. The van der Waals surface area contributed by atoms with E-state index in [1.165, 1.54) is 5.56 Å². The molecule has 134 valence electrons. The Hall–Kier alpha value is -2.82. The summed E-state index contributed by atoms with van der Waals surface area (Å²) < 4.78 is 0. The van der Waals surface area contributed by atoms with Crippen LogP contribution in [-0.4, -0.2) is 30.4 Å². The molecule has 5 heteroatoms. The summed E-state index contributed by atoms with van der Waals surface area (Å²) >= 11 is 0. The highest BCUT2D eigenvalue weighted by molar-refractivity contribution is 6.05. The van der Waals surface area contributed by atoms with E-state index < -0.39 is 0 Å². The highest BCUT2D eigenvalue weighted by Gasteiger charge is 2.33. The van der Waals surface area contributed by atoms with Gasteiger partial charge in [-0.15, -0.1) is 0 Å². The van der Waals surface area contributed by atoms with Gasteiger partial charge in [0, 0.05) is 24.2 Å². The summed E-state index contributed by atoms with van der Waals surface area (Å²) in [7, 11) is 0. The van der Waals surface area contributed by atoms with E-state index in [0.29, 0.717) is 18.7 Å². The lowest BCUT2D eigenvalue weighted by molar-refractivity contribution is -0.118. The summed E-state index contributed by atoms with van der Waals surface area (Å²) in [6, 6.07) is 15.9. The van der Waals surface area contributed by atoms with Gasteiger partial charge >= 0.3 is 0 Å². The molecular weight excluding hydrogens is 326 g/mol. The van der Waals surface area contributed by atoms with Crippen molar-refractivity contribution in [2.45, 2.75) is 38.8 Å². The predicted octanol–water partition coefficient (Wildman–Crippen LogP) is 3.20. The van der Waals surface area contributed by atoms with E-state index in [1.807, 2.05) is 43.3 Å². The minimum Gasteiger partial charge on any atom is -0.359 e. The third-order valence-corrected chi connectivity index (χ3v) is 5.28. The van der Waals surface area contributed by atoms with E-state index in [1.54, 1.807) is 4.90 Å². The Balaban J connectivity index is 1.65. The molecule has 2 aliphatic rings. The lowest BCUT2D eigenvalue weighted by atomic mass is 10.1. The Morgan fingerprint density at radius 3 is 2.50 bits per heavy atom. The summed E-state index contributed by atoms with van der Waals surface area (Å²) in [4.78, 5) is 29.4. The summed E-state index contributed by atoms with van der Waals surface area (Å²) in [6.45, 7) is 4.39. The van der Waals surface area contributed by atoms with E-state index >= 15 is 0 Å². The highest BCUT2D eigenvalue weighted by atomic mass is 16.2. The molecule has 2 heterocycles. The molecule has 1 N–H and O–H groups in total. The molecule has 2 amide bonds. The van der Waals surface area contributed by atoms with Gasteiger partial charge in [0.2, 0.25) is 11.8 Å². The summed E-state index contributed by atoms with van der Waals surface area (Å²) in [5.41, 5.74) is 3.90. The van der Waals surface area contributed by atoms with E-state index in [4.69, 9.17) is 0 Å². The van der Waals surface area contributed by atoms with Gasteiger partial charge < -0.3 is 15.1 Å². The standard InChI is InChI=1S/C21H23N3O2/c1-14-11-16-7-3-5-9-18(16)23(14)13-21(26)24-15(2)12-20(25)22-17-8-4-6-10-19(17)24/h3-10,14-15H,11-13H2,1-2H3,(H,22,25)/t14-,15+/m1/s1. The number of hydrogen-bond donors (Lipinski definition) is 1. The molecule has 0 saturated carbocycles. The van der Waals surface area contributed by atoms with E-state index in [-0.39, 0.29) is 23.9 Å². The molecule has 2 aromatic carbocycles. The van der Waals surface area contributed by atoms with Crippen LogP contribution in [0.15, 0.2) is 48.5 Å². The van der Waals surface area contributed by atoms with Crippen molar-refractivity contribution >= 4 is 28.9 Å². The summed E-state index contributed by atoms with van der Waals surface area (Å²) in [5.74, 6) is -0.0369. The normalized spacial score (nSPS) is 21.7. The van der Waals surface area contributed by atoms with Crippen molar-refractivity contribution in [3.8, 4) is 0 Å². The fraction of sp³-hybridized carbons (Fsp3) is 0.333. The zero-order chi connectivity index (χ0) is 18.3. The number of fused-ring (bicyclic) bond motifs is 2. The van der Waals surface area contributed by atoms with Crippen molar-refractivity contribution in [1.29, 1.82) is 0 Å². The molecule has 0 bridgehead atoms. The molecule has 26 heavy (non-hydrogen) atoms. The summed E-state index contributed by atoms with van der Waals surface area (Å²) in [5, 5.41) is 2.91. The maximum atomic E-state index is 13.3. The second-order valence-electron chi connectivity index (χ2n) is 7.19. The molecule has 2 atom stereocenters. The number of anilines is 3. The average Bonchev–Trinajstić information content (AvgIpc) is 2.84. The molecule has 2 aliphatic heterocycles. The number of amides is 2. The zero-order valence-corrected chi connectivity index (χ0v) is 15.1. The Morgan fingerprint density at radius 2 is 1.69 bits per heavy atom. The first-order valence-electron chi connectivity index (χ1n) is 9.10. The number of rotatable bonds is 2. The number of hydrogen-bond acceptors (Lipinski definition) is 3. The van der Waals surface area contributed by atoms with Crippen LogP contribution in [0, 0.1) is 0 Å². The van der Waals surface area contributed by atoms with Gasteiger partial charge in [0.05, 0.1) is 17.9 Å². The Labute approximate surface area is 153 Å². The SMILES string of the molecule is C[C@@H]1Cc2ccccc2N1CC(=O)N1c2ccccc2NC(=O)C[C@@H]1C. The molecule has 0 fully saturated rings. The number of benzene rings is 2. The van der Waals surface area contributed by atoms with E-state index in [0.717, 1.165) is 17.8 Å². The molecule has 0 radical (unpaired) electrons. The Morgan fingerprint density at radius 1 is 1.00 bits per heavy atom. The van der Waals surface area contributed by atoms with Gasteiger partial charge in [-0.3, -0.25) is 9.59 Å². The second-order valence-corrected chi connectivity index (χ2v) is 7.19. The lowest BCUT2D eigenvalue weighted by Gasteiger charge is -2.32. The van der Waals surface area contributed by atoms with Crippen LogP contribution < -0.4 is 15.1 Å². The number of para-hydroxylation sites is 3. The van der Waals surface area contributed by atoms with Crippen molar-refractivity contribution < 1.29 is 9.59 Å². The van der Waals surface area contributed by atoms with Crippen LogP contribution in [0.1, 0.15) is 25.8 Å². The van der Waals surface area contributed by atoms with Crippen molar-refractivity contribution in [2.24, 2.45) is 0 Å². The topological polar surface area (TPSA) is 52.7 Å². The van der Waals surface area contributed by atoms with Gasteiger partial charge in [0.15, 0.2) is 0 Å². The molecule has 0 aliphatic carbocycles. The fourth-order valence-electron chi connectivity index (χ4n) is 4.06. The molecule has 4 rings (SSSR count). The van der Waals surface area contributed by atoms with Crippen LogP contribution in [-0.2, 0) is 16.0 Å². The van der Waals surface area contributed by atoms with Crippen molar-refractivity contribution in [3.05, 3.63) is 54.1 Å². The average molecular weight is 349 g/mol. The highest BCUT2D eigenvalue weighted by Crippen LogP contribution is 2.34. The minimum atomic E-state index is -0.181. The molecule has 0 aromatic heterocycles. The monoisotopic (exact) mass is 349 g/mol. The maximum absolute atomic E-state index is 13.3. The third-order valence-electron chi connectivity index (χ3n) is 5.28. The van der Waals surface area contributed by atoms with Gasteiger partial charge in [0.1, 0.15) is 0 Å². The van der Waals surface area contributed by atoms with Gasteiger partial charge in [-0.05, 0) is 44.0 Å². The molecule has 0 unspecified atom stereocenters. The Bertz CT molecular complexity index is 864. The maximum Gasteiger partial charge on any atom is 0.246 e. The van der Waals surface area contributed by atoms with Crippen LogP contribution >= 0.6 is 0 Å². The van der Waals surface area contributed by atoms with Gasteiger partial charge in [-0.1, -0.05) is 30.3 Å². The van der Waals surface area contributed by atoms with Crippen molar-refractivity contribution in [2.75, 3.05) is 21.7 Å². The first-order valence-corrected chi connectivity index (χ1v) is 9.10. The van der Waals surface area contributed by atoms with Crippen LogP contribution in [0.25, 0.3) is 0 Å².